The number of alkyl halides is 3. The zero-order valence-corrected chi connectivity index (χ0v) is 48.9. The molecule has 0 fully saturated rings. The van der Waals surface area contributed by atoms with Crippen molar-refractivity contribution in [3.05, 3.63) is 137 Å². The number of anilines is 11. The Kier molecular flexibility index (Phi) is 21.2. The standard InChI is InChI=1S/C23H25F3N6O.C19H26N4O2.C17H24N4O2/c1-14-13-27-20(32-22(2,3)4)31-19(14)28-17-9-6-10-18(12-17)30-21(33)29-16-8-5-7-15(11-16)23(24,25)26;1-7-25-17(24)14-9-8-10-15(13(14)3)21-16-12(2)11-20-18(22-16)23-19(4,5)6;1-11-10-18-16(21-17(2,3)4)20-15(11)19-12-7-13(22-5)9-14(8-12)23-6/h5-13H,1-4H3,(H2,29,30,33)(H2,27,28,31,32);8-11H,7H2,1-6H3,(H2,20,21,22,23);7-10H,1-6H3,(H2,18,19,20,21). The molecular weight excluding hydrogens is 1040 g/mol. The van der Waals surface area contributed by atoms with Crippen LogP contribution in [0.25, 0.3) is 0 Å². The van der Waals surface area contributed by atoms with Crippen LogP contribution in [0.4, 0.5) is 81.7 Å². The first-order valence-electron chi connectivity index (χ1n) is 25.9. The van der Waals surface area contributed by atoms with Crippen molar-refractivity contribution in [3.63, 3.8) is 0 Å². The average molecular weight is 1120 g/mol. The van der Waals surface area contributed by atoms with E-state index in [1.54, 1.807) is 70.1 Å². The Morgan fingerprint density at radius 2 is 0.938 bits per heavy atom. The molecule has 0 aliphatic rings. The van der Waals surface area contributed by atoms with E-state index >= 15 is 0 Å². The summed E-state index contributed by atoms with van der Waals surface area (Å²) in [5, 5.41) is 24.6. The molecule has 0 spiro atoms. The lowest BCUT2D eigenvalue weighted by Gasteiger charge is -2.21. The Hall–Kier alpha value is -8.95. The third-order valence-corrected chi connectivity index (χ3v) is 10.9. The van der Waals surface area contributed by atoms with Crippen molar-refractivity contribution in [2.75, 3.05) is 63.4 Å². The molecule has 8 N–H and O–H groups in total. The minimum Gasteiger partial charge on any atom is -0.497 e. The molecule has 0 unspecified atom stereocenters. The van der Waals surface area contributed by atoms with Crippen molar-refractivity contribution in [2.45, 2.75) is 120 Å². The maximum atomic E-state index is 12.9. The molecule has 0 aliphatic carbocycles. The van der Waals surface area contributed by atoms with Gasteiger partial charge >= 0.3 is 18.2 Å². The predicted octanol–water partition coefficient (Wildman–Crippen LogP) is 14.4. The highest BCUT2D eigenvalue weighted by Gasteiger charge is 2.30. The summed E-state index contributed by atoms with van der Waals surface area (Å²) in [4.78, 5) is 50.9. The molecule has 2 amide bonds. The zero-order valence-electron chi connectivity index (χ0n) is 48.9. The summed E-state index contributed by atoms with van der Waals surface area (Å²) in [7, 11) is 3.25. The SMILES string of the molecule is CCOC(=O)c1cccc(Nc2nc(NC(C)(C)C)ncc2C)c1C.COc1cc(Nc2nc(NC(C)(C)C)ncc2C)cc(OC)c1.Cc1cnc(NC(C)(C)C)nc1Nc1cccc(NC(=O)Nc2cccc(C(F)(F)F)c2)c1. The monoisotopic (exact) mass is 1120 g/mol. The first kappa shape index (κ1) is 62.9. The van der Waals surface area contributed by atoms with Crippen LogP contribution in [-0.4, -0.2) is 79.3 Å². The van der Waals surface area contributed by atoms with Gasteiger partial charge in [0.05, 0.1) is 32.0 Å². The Balaban J connectivity index is 0.000000228. The van der Waals surface area contributed by atoms with Crippen LogP contribution >= 0.6 is 0 Å². The van der Waals surface area contributed by atoms with Gasteiger partial charge in [0.25, 0.3) is 0 Å². The van der Waals surface area contributed by atoms with Crippen molar-refractivity contribution < 1.29 is 37.0 Å². The van der Waals surface area contributed by atoms with Gasteiger partial charge in [-0.1, -0.05) is 18.2 Å². The fourth-order valence-electron chi connectivity index (χ4n) is 7.12. The van der Waals surface area contributed by atoms with Crippen molar-refractivity contribution >= 4 is 75.7 Å². The van der Waals surface area contributed by atoms with Crippen molar-refractivity contribution in [2.24, 2.45) is 0 Å². The number of nitrogens with zero attached hydrogens (tertiary/aromatic N) is 6. The molecule has 3 aromatic heterocycles. The Morgan fingerprint density at radius 3 is 1.38 bits per heavy atom. The minimum absolute atomic E-state index is 0.0343. The van der Waals surface area contributed by atoms with Gasteiger partial charge in [-0.25, -0.2) is 24.5 Å². The van der Waals surface area contributed by atoms with Crippen molar-refractivity contribution in [1.82, 2.24) is 29.9 Å². The molecule has 22 heteroatoms. The fraction of sp³-hybridized carbons (Fsp3) is 0.356. The van der Waals surface area contributed by atoms with Crippen LogP contribution in [0.1, 0.15) is 107 Å². The minimum atomic E-state index is -4.49. The normalized spacial score (nSPS) is 11.3. The van der Waals surface area contributed by atoms with Crippen LogP contribution < -0.4 is 52.0 Å². The number of ether oxygens (including phenoxy) is 3. The van der Waals surface area contributed by atoms with Crippen LogP contribution in [0.3, 0.4) is 0 Å². The second-order valence-electron chi connectivity index (χ2n) is 21.7. The zero-order chi connectivity index (χ0) is 59.9. The van der Waals surface area contributed by atoms with E-state index in [1.165, 1.54) is 12.1 Å². The number of hydrogen-bond acceptors (Lipinski definition) is 17. The Bertz CT molecular complexity index is 3240. The lowest BCUT2D eigenvalue weighted by atomic mass is 10.1. The van der Waals surface area contributed by atoms with Crippen molar-refractivity contribution in [1.29, 1.82) is 0 Å². The number of carbonyl (C=O) groups is 2. The van der Waals surface area contributed by atoms with Gasteiger partial charge in [0.15, 0.2) is 0 Å². The van der Waals surface area contributed by atoms with E-state index in [1.807, 2.05) is 78.8 Å². The third kappa shape index (κ3) is 20.7. The molecule has 7 aromatic rings. The molecular formula is C59H75F3N14O5. The quantitative estimate of drug-likeness (QED) is 0.0446. The summed E-state index contributed by atoms with van der Waals surface area (Å²) in [6, 6.07) is 21.7. The summed E-state index contributed by atoms with van der Waals surface area (Å²) in [6.45, 7) is 28.2. The number of rotatable bonds is 15. The Morgan fingerprint density at radius 1 is 0.519 bits per heavy atom. The van der Waals surface area contributed by atoms with Crippen molar-refractivity contribution in [3.8, 4) is 11.5 Å². The van der Waals surface area contributed by atoms with E-state index in [0.717, 1.165) is 51.6 Å². The lowest BCUT2D eigenvalue weighted by Crippen LogP contribution is -2.27. The van der Waals surface area contributed by atoms with Gasteiger partial charge in [0, 0.05) is 98.5 Å². The third-order valence-electron chi connectivity index (χ3n) is 10.9. The van der Waals surface area contributed by atoms with Gasteiger partial charge in [-0.15, -0.1) is 0 Å². The molecule has 0 bridgehead atoms. The van der Waals surface area contributed by atoms with Gasteiger partial charge in [-0.2, -0.15) is 28.1 Å². The van der Waals surface area contributed by atoms with E-state index in [-0.39, 0.29) is 28.3 Å². The number of aromatic nitrogens is 6. The topological polar surface area (TPSA) is 235 Å². The number of methoxy groups -OCH3 is 2. The number of hydrogen-bond donors (Lipinski definition) is 8. The lowest BCUT2D eigenvalue weighted by molar-refractivity contribution is -0.137. The highest BCUT2D eigenvalue weighted by Crippen LogP contribution is 2.32. The molecule has 0 saturated carbocycles. The van der Waals surface area contributed by atoms with Crippen LogP contribution in [0, 0.1) is 27.7 Å². The summed E-state index contributed by atoms with van der Waals surface area (Å²) in [5.41, 5.74) is 5.58. The largest absolute Gasteiger partial charge is 0.497 e. The molecule has 19 nitrogen and oxygen atoms in total. The van der Waals surface area contributed by atoms with E-state index < -0.39 is 17.8 Å². The number of amides is 2. The fourth-order valence-corrected chi connectivity index (χ4v) is 7.12. The first-order valence-corrected chi connectivity index (χ1v) is 25.9. The summed E-state index contributed by atoms with van der Waals surface area (Å²) < 4.78 is 54.3. The molecule has 7 rings (SSSR count). The smallest absolute Gasteiger partial charge is 0.416 e. The second-order valence-corrected chi connectivity index (χ2v) is 21.7. The van der Waals surface area contributed by atoms with Crippen LogP contribution in [-0.2, 0) is 10.9 Å². The number of carbonyl (C=O) groups excluding carboxylic acids is 2. The first-order chi connectivity index (χ1) is 37.9. The average Bonchev–Trinajstić information content (AvgIpc) is 3.40. The molecule has 4 aromatic carbocycles. The van der Waals surface area contributed by atoms with E-state index in [2.05, 4.69) is 114 Å². The number of nitrogens with one attached hydrogen (secondary N) is 8. The molecule has 0 radical (unpaired) electrons. The predicted molar refractivity (Wildman–Crippen MR) is 317 cm³/mol. The Labute approximate surface area is 472 Å². The van der Waals surface area contributed by atoms with Gasteiger partial charge < -0.3 is 56.7 Å². The van der Waals surface area contributed by atoms with Crippen LogP contribution in [0.5, 0.6) is 11.5 Å². The van der Waals surface area contributed by atoms with Gasteiger partial charge in [-0.3, -0.25) is 0 Å². The maximum absolute atomic E-state index is 12.9. The molecule has 3 heterocycles. The summed E-state index contributed by atoms with van der Waals surface area (Å²) in [6.07, 6.45) is 0.776. The van der Waals surface area contributed by atoms with Gasteiger partial charge in [0.2, 0.25) is 17.8 Å². The molecule has 81 heavy (non-hydrogen) atoms. The second kappa shape index (κ2) is 27.3. The van der Waals surface area contributed by atoms with E-state index in [0.29, 0.717) is 64.5 Å². The molecule has 0 aliphatic heterocycles. The molecule has 432 valence electrons. The molecule has 0 saturated heterocycles. The number of benzene rings is 4. The highest BCUT2D eigenvalue weighted by atomic mass is 19.4. The summed E-state index contributed by atoms with van der Waals surface area (Å²) >= 11 is 0. The number of esters is 1. The highest BCUT2D eigenvalue weighted by molar-refractivity contribution is 6.00. The number of halogens is 3. The summed E-state index contributed by atoms with van der Waals surface area (Å²) in [5.74, 6) is 4.76. The number of aryl methyl sites for hydroxylation is 3. The molecule has 0 atom stereocenters. The van der Waals surface area contributed by atoms with Crippen LogP contribution in [0.15, 0.2) is 104 Å². The van der Waals surface area contributed by atoms with E-state index in [9.17, 15) is 22.8 Å². The van der Waals surface area contributed by atoms with E-state index in [4.69, 9.17) is 14.2 Å². The number of urea groups is 1. The van der Waals surface area contributed by atoms with Gasteiger partial charge in [-0.05, 0) is 151 Å². The maximum Gasteiger partial charge on any atom is 0.416 e. The van der Waals surface area contributed by atoms with Crippen LogP contribution in [0.2, 0.25) is 0 Å². The van der Waals surface area contributed by atoms with Gasteiger partial charge in [0.1, 0.15) is 29.0 Å².